The van der Waals surface area contributed by atoms with Gasteiger partial charge in [-0.3, -0.25) is 4.79 Å². The molecule has 0 bridgehead atoms. The summed E-state index contributed by atoms with van der Waals surface area (Å²) in [6, 6.07) is 21.8. The number of oxazole rings is 1. The summed E-state index contributed by atoms with van der Waals surface area (Å²) in [6.45, 7) is 2.59. The van der Waals surface area contributed by atoms with Gasteiger partial charge in [0.05, 0.1) is 37.9 Å². The lowest BCUT2D eigenvalue weighted by Crippen LogP contribution is -2.24. The molecule has 0 spiro atoms. The van der Waals surface area contributed by atoms with E-state index in [1.165, 1.54) is 30.7 Å². The molecule has 0 aliphatic rings. The number of benzene rings is 4. The molecule has 0 unspecified atom stereocenters. The van der Waals surface area contributed by atoms with Crippen LogP contribution in [0.25, 0.3) is 28.6 Å². The molecule has 0 saturated heterocycles. The Morgan fingerprint density at radius 1 is 0.870 bits per heavy atom. The van der Waals surface area contributed by atoms with Gasteiger partial charge in [0.2, 0.25) is 5.89 Å². The number of fused-ring (bicyclic) bond motifs is 1. The largest absolute Gasteiger partial charge is 0.497 e. The van der Waals surface area contributed by atoms with E-state index in [1.54, 1.807) is 31.9 Å². The van der Waals surface area contributed by atoms with Gasteiger partial charge in [0.25, 0.3) is 5.91 Å². The minimum atomic E-state index is -4.65. The summed E-state index contributed by atoms with van der Waals surface area (Å²) in [4.78, 5) is 28.6. The summed E-state index contributed by atoms with van der Waals surface area (Å²) in [6.07, 6.45) is -0.182. The maximum absolute atomic E-state index is 15.1. The average molecular weight is 738 g/mol. The fourth-order valence-electron chi connectivity index (χ4n) is 5.85. The van der Waals surface area contributed by atoms with Crippen LogP contribution in [0.5, 0.6) is 11.5 Å². The Kier molecular flexibility index (Phi) is 9.69. The van der Waals surface area contributed by atoms with E-state index in [1.807, 2.05) is 48.5 Å². The summed E-state index contributed by atoms with van der Waals surface area (Å²) < 4.78 is 73.1. The molecule has 4 aromatic carbocycles. The number of carbonyl (C=O) groups is 1. The van der Waals surface area contributed by atoms with Crippen molar-refractivity contribution in [2.45, 2.75) is 26.2 Å². The van der Waals surface area contributed by atoms with Gasteiger partial charge in [-0.25, -0.2) is 23.9 Å². The zero-order valence-electron chi connectivity index (χ0n) is 29.1. The molecular formula is C39H31F4N7O4. The van der Waals surface area contributed by atoms with E-state index in [-0.39, 0.29) is 22.9 Å². The number of nitrogens with zero attached hydrogens (tertiary/aromatic N) is 6. The Balaban J connectivity index is 1.19. The molecule has 1 N–H and O–H groups in total. The molecule has 0 saturated carbocycles. The number of methoxy groups -OCH3 is 2. The second-order valence-electron chi connectivity index (χ2n) is 12.2. The Morgan fingerprint density at radius 2 is 1.54 bits per heavy atom. The molecule has 0 atom stereocenters. The number of aryl methyl sites for hydroxylation is 1. The van der Waals surface area contributed by atoms with E-state index in [9.17, 15) is 18.0 Å². The van der Waals surface area contributed by atoms with Crippen LogP contribution >= 0.6 is 0 Å². The number of ether oxygens (including phenoxy) is 2. The van der Waals surface area contributed by atoms with Crippen molar-refractivity contribution in [2.75, 3.05) is 24.4 Å². The van der Waals surface area contributed by atoms with E-state index in [2.05, 4.69) is 30.3 Å². The average Bonchev–Trinajstić information content (AvgIpc) is 3.84. The molecule has 7 rings (SSSR count). The van der Waals surface area contributed by atoms with E-state index >= 15 is 4.39 Å². The molecule has 3 heterocycles. The topological polar surface area (TPSA) is 120 Å². The Hall–Kier alpha value is -6.77. The zero-order valence-corrected chi connectivity index (χ0v) is 29.1. The van der Waals surface area contributed by atoms with E-state index in [0.29, 0.717) is 47.4 Å². The highest BCUT2D eigenvalue weighted by atomic mass is 19.4. The highest BCUT2D eigenvalue weighted by Gasteiger charge is 2.31. The van der Waals surface area contributed by atoms with Gasteiger partial charge < -0.3 is 24.1 Å². The van der Waals surface area contributed by atoms with Gasteiger partial charge in [0.1, 0.15) is 29.3 Å². The summed E-state index contributed by atoms with van der Waals surface area (Å²) in [5.41, 5.74) is 2.15. The monoisotopic (exact) mass is 737 g/mol. The number of alkyl halides is 3. The maximum Gasteiger partial charge on any atom is 0.416 e. The number of aromatic nitrogens is 5. The van der Waals surface area contributed by atoms with Crippen molar-refractivity contribution in [3.05, 3.63) is 137 Å². The summed E-state index contributed by atoms with van der Waals surface area (Å²) in [5, 5.41) is 6.82. The van der Waals surface area contributed by atoms with E-state index < -0.39 is 23.5 Å². The molecule has 7 aromatic rings. The molecular weight excluding hydrogens is 706 g/mol. The minimum absolute atomic E-state index is 0.0990. The van der Waals surface area contributed by atoms with Crippen molar-refractivity contribution in [2.24, 2.45) is 0 Å². The smallest absolute Gasteiger partial charge is 0.416 e. The molecule has 0 radical (unpaired) electrons. The third-order valence-electron chi connectivity index (χ3n) is 8.65. The van der Waals surface area contributed by atoms with Crippen molar-refractivity contribution in [3.63, 3.8) is 0 Å². The minimum Gasteiger partial charge on any atom is -0.497 e. The van der Waals surface area contributed by atoms with Crippen molar-refractivity contribution in [1.82, 2.24) is 24.6 Å². The Bertz CT molecular complexity index is 2400. The van der Waals surface area contributed by atoms with Gasteiger partial charge >= 0.3 is 6.18 Å². The number of nitrogens with one attached hydrogen (secondary N) is 1. The van der Waals surface area contributed by atoms with Crippen molar-refractivity contribution in [3.8, 4) is 34.4 Å². The Labute approximate surface area is 305 Å². The molecule has 3 aromatic heterocycles. The van der Waals surface area contributed by atoms with Crippen LogP contribution in [0, 0.1) is 12.7 Å². The van der Waals surface area contributed by atoms with Crippen LogP contribution in [0.4, 0.5) is 29.1 Å². The SMILES string of the molecule is COc1ccc(CN(Cc2ccc(OC)cc2)c2ncnn3c(-c4cnc(-c5cc(NC(=O)c6cccc(C(F)(F)F)c6)c(F)cc5C)o4)cnc23)cc1. The van der Waals surface area contributed by atoms with Crippen LogP contribution in [0.3, 0.4) is 0 Å². The van der Waals surface area contributed by atoms with E-state index in [0.717, 1.165) is 34.8 Å². The lowest BCUT2D eigenvalue weighted by atomic mass is 10.1. The van der Waals surface area contributed by atoms with Crippen LogP contribution in [0.2, 0.25) is 0 Å². The van der Waals surface area contributed by atoms with Crippen LogP contribution in [0.15, 0.2) is 108 Å². The third kappa shape index (κ3) is 7.42. The summed E-state index contributed by atoms with van der Waals surface area (Å²) in [7, 11) is 3.23. The second kappa shape index (κ2) is 14.7. The molecule has 11 nitrogen and oxygen atoms in total. The van der Waals surface area contributed by atoms with Crippen LogP contribution in [-0.4, -0.2) is 44.7 Å². The molecule has 0 fully saturated rings. The number of imidazole rings is 1. The van der Waals surface area contributed by atoms with Crippen LogP contribution < -0.4 is 19.7 Å². The van der Waals surface area contributed by atoms with E-state index in [4.69, 9.17) is 13.9 Å². The zero-order chi connectivity index (χ0) is 38.0. The maximum atomic E-state index is 15.1. The van der Waals surface area contributed by atoms with Gasteiger partial charge in [-0.05, 0) is 78.2 Å². The number of halogens is 4. The standard InChI is InChI=1S/C39H31F4N7O4/c1-23-15-31(40)32(48-37(51)26-5-4-6-27(16-26)39(41,42)43)17-30(23)38-45-19-34(54-38)33-18-44-36-35(46-22-47-50(33)36)49(20-24-7-11-28(52-2)12-8-24)21-25-9-13-29(53-3)14-10-25/h4-19,22H,20-21H2,1-3H3,(H,48,51). The van der Waals surface area contributed by atoms with Crippen molar-refractivity contribution in [1.29, 1.82) is 0 Å². The first-order valence-electron chi connectivity index (χ1n) is 16.5. The first-order chi connectivity index (χ1) is 26.0. The second-order valence-corrected chi connectivity index (χ2v) is 12.2. The third-order valence-corrected chi connectivity index (χ3v) is 8.65. The highest BCUT2D eigenvalue weighted by Crippen LogP contribution is 2.34. The first-order valence-corrected chi connectivity index (χ1v) is 16.5. The normalized spacial score (nSPS) is 11.5. The molecule has 0 aliphatic heterocycles. The Morgan fingerprint density at radius 3 is 2.17 bits per heavy atom. The lowest BCUT2D eigenvalue weighted by molar-refractivity contribution is -0.137. The number of anilines is 2. The van der Waals surface area contributed by atoms with Gasteiger partial charge in [-0.1, -0.05) is 30.3 Å². The van der Waals surface area contributed by atoms with Gasteiger partial charge in [-0.2, -0.15) is 18.3 Å². The fourth-order valence-corrected chi connectivity index (χ4v) is 5.85. The number of hydrogen-bond donors (Lipinski definition) is 1. The number of hydrogen-bond acceptors (Lipinski definition) is 9. The lowest BCUT2D eigenvalue weighted by Gasteiger charge is -2.24. The number of amides is 1. The van der Waals surface area contributed by atoms with Crippen molar-refractivity contribution >= 4 is 23.1 Å². The molecule has 15 heteroatoms. The fraction of sp³-hybridized carbons (Fsp3) is 0.154. The quantitative estimate of drug-likeness (QED) is 0.131. The highest BCUT2D eigenvalue weighted by molar-refractivity contribution is 6.04. The van der Waals surface area contributed by atoms with Crippen LogP contribution in [-0.2, 0) is 19.3 Å². The van der Waals surface area contributed by atoms with Gasteiger partial charge in [-0.15, -0.1) is 0 Å². The molecule has 274 valence electrons. The van der Waals surface area contributed by atoms with Crippen molar-refractivity contribution < 1.29 is 36.2 Å². The molecule has 1 amide bonds. The molecule has 54 heavy (non-hydrogen) atoms. The summed E-state index contributed by atoms with van der Waals surface area (Å²) >= 11 is 0. The number of carbonyl (C=O) groups excluding carboxylic acids is 1. The molecule has 0 aliphatic carbocycles. The first kappa shape index (κ1) is 35.6. The number of rotatable bonds is 11. The van der Waals surface area contributed by atoms with Gasteiger partial charge in [0, 0.05) is 24.2 Å². The summed E-state index contributed by atoms with van der Waals surface area (Å²) in [5.74, 6) is 0.708. The predicted octanol–water partition coefficient (Wildman–Crippen LogP) is 8.39. The van der Waals surface area contributed by atoms with Gasteiger partial charge in [0.15, 0.2) is 17.2 Å². The predicted molar refractivity (Wildman–Crippen MR) is 192 cm³/mol. The van der Waals surface area contributed by atoms with Crippen LogP contribution in [0.1, 0.15) is 32.6 Å².